The zero-order chi connectivity index (χ0) is 9.02. The van der Waals surface area contributed by atoms with Crippen LogP contribution in [-0.4, -0.2) is 33.7 Å². The third-order valence-electron chi connectivity index (χ3n) is 0.971. The van der Waals surface area contributed by atoms with Gasteiger partial charge in [-0.25, -0.2) is 0 Å². The van der Waals surface area contributed by atoms with E-state index in [2.05, 4.69) is 4.84 Å². The van der Waals surface area contributed by atoms with Gasteiger partial charge >= 0.3 is 5.97 Å². The highest BCUT2D eigenvalue weighted by Gasteiger charge is 2.19. The second kappa shape index (κ2) is 4.27. The summed E-state index contributed by atoms with van der Waals surface area (Å²) in [6.07, 6.45) is -2.03. The van der Waals surface area contributed by atoms with Crippen molar-refractivity contribution in [3.05, 3.63) is 0 Å². The molecule has 0 amide bonds. The van der Waals surface area contributed by atoms with Crippen molar-refractivity contribution in [3.8, 4) is 0 Å². The summed E-state index contributed by atoms with van der Waals surface area (Å²) in [4.78, 5) is 14.8. The lowest BCUT2D eigenvalue weighted by molar-refractivity contribution is -0.275. The van der Waals surface area contributed by atoms with Crippen LogP contribution in [0.4, 0.5) is 0 Å². The minimum atomic E-state index is -1.01. The predicted octanol–water partition coefficient (Wildman–Crippen LogP) is -0.557. The number of carbonyl (C=O) groups is 1. The molecule has 0 aromatic rings. The summed E-state index contributed by atoms with van der Waals surface area (Å²) in [7, 11) is 0. The van der Waals surface area contributed by atoms with E-state index in [1.54, 1.807) is 0 Å². The van der Waals surface area contributed by atoms with Gasteiger partial charge in [0.15, 0.2) is 0 Å². The van der Waals surface area contributed by atoms with Crippen LogP contribution in [0.3, 0.4) is 0 Å². The first kappa shape index (κ1) is 10.3. The number of carbonyl (C=O) groups excluding carboxylic acids is 1. The van der Waals surface area contributed by atoms with Crippen molar-refractivity contribution < 1.29 is 19.8 Å². The van der Waals surface area contributed by atoms with E-state index in [9.17, 15) is 4.79 Å². The van der Waals surface area contributed by atoms with Crippen LogP contribution < -0.4 is 0 Å². The van der Waals surface area contributed by atoms with E-state index in [4.69, 9.17) is 10.2 Å². The Kier molecular flexibility index (Phi) is 4.02. The van der Waals surface area contributed by atoms with Crippen molar-refractivity contribution in [3.63, 3.8) is 0 Å². The Balaban J connectivity index is 4.00. The fourth-order valence-corrected chi connectivity index (χ4v) is 0.613. The summed E-state index contributed by atoms with van der Waals surface area (Å²) in [5, 5.41) is 18.6. The fraction of sp³-hybridized carbons (Fsp3) is 0.833. The van der Waals surface area contributed by atoms with Gasteiger partial charge in [-0.2, -0.15) is 0 Å². The molecule has 0 spiro atoms. The number of aliphatic hydroxyl groups excluding tert-OH is 2. The quantitative estimate of drug-likeness (QED) is 0.431. The first-order valence-corrected chi connectivity index (χ1v) is 3.28. The van der Waals surface area contributed by atoms with Crippen molar-refractivity contribution in [2.45, 2.75) is 33.2 Å². The molecule has 0 aliphatic rings. The van der Waals surface area contributed by atoms with Crippen LogP contribution in [0.15, 0.2) is 0 Å². The van der Waals surface area contributed by atoms with Crippen LogP contribution in [-0.2, 0) is 9.63 Å². The van der Waals surface area contributed by atoms with Crippen LogP contribution in [0.1, 0.15) is 20.8 Å². The normalized spacial score (nSPS) is 16.2. The Labute approximate surface area is 65.1 Å². The van der Waals surface area contributed by atoms with Gasteiger partial charge in [0.1, 0.15) is 12.5 Å². The maximum absolute atomic E-state index is 10.4. The number of hydrogen-bond donors (Lipinski definition) is 2. The maximum Gasteiger partial charge on any atom is 0.322 e. The standard InChI is InChI=1S/C6H13NO4/c1-4(8)7(5(2)9)11-6(3)10/h4-5,8-9H,1-3H3. The summed E-state index contributed by atoms with van der Waals surface area (Å²) in [6.45, 7) is 3.96. The molecule has 0 aliphatic heterocycles. The van der Waals surface area contributed by atoms with Crippen LogP contribution in [0, 0.1) is 0 Å². The summed E-state index contributed by atoms with van der Waals surface area (Å²) in [5.74, 6) is -0.577. The number of nitrogens with zero attached hydrogens (tertiary/aromatic N) is 1. The minimum absolute atomic E-state index is 0.577. The Morgan fingerprint density at radius 2 is 1.73 bits per heavy atom. The highest BCUT2D eigenvalue weighted by molar-refractivity contribution is 5.65. The molecule has 5 heteroatoms. The van der Waals surface area contributed by atoms with E-state index in [1.807, 2.05) is 0 Å². The number of hydroxylamine groups is 2. The van der Waals surface area contributed by atoms with Crippen LogP contribution in [0.25, 0.3) is 0 Å². The molecule has 11 heavy (non-hydrogen) atoms. The molecule has 66 valence electrons. The van der Waals surface area contributed by atoms with Gasteiger partial charge < -0.3 is 15.1 Å². The van der Waals surface area contributed by atoms with Crippen molar-refractivity contribution in [2.75, 3.05) is 0 Å². The second-order valence-corrected chi connectivity index (χ2v) is 2.21. The van der Waals surface area contributed by atoms with Gasteiger partial charge in [0, 0.05) is 6.92 Å². The Morgan fingerprint density at radius 1 is 1.36 bits per heavy atom. The Morgan fingerprint density at radius 3 is 1.82 bits per heavy atom. The van der Waals surface area contributed by atoms with E-state index >= 15 is 0 Å². The van der Waals surface area contributed by atoms with Crippen molar-refractivity contribution >= 4 is 5.97 Å². The zero-order valence-electron chi connectivity index (χ0n) is 6.81. The summed E-state index contributed by atoms with van der Waals surface area (Å²) >= 11 is 0. The van der Waals surface area contributed by atoms with Gasteiger partial charge in [0.05, 0.1) is 0 Å². The van der Waals surface area contributed by atoms with Crippen LogP contribution in [0.2, 0.25) is 0 Å². The maximum atomic E-state index is 10.4. The van der Waals surface area contributed by atoms with Crippen molar-refractivity contribution in [2.24, 2.45) is 0 Å². The molecule has 0 aromatic heterocycles. The molecule has 0 saturated heterocycles. The molecule has 0 bridgehead atoms. The van der Waals surface area contributed by atoms with Gasteiger partial charge in [-0.1, -0.05) is 5.06 Å². The molecule has 2 atom stereocenters. The summed E-state index contributed by atoms with van der Waals surface area (Å²) < 4.78 is 0. The Hall–Kier alpha value is -0.650. The smallest absolute Gasteiger partial charge is 0.322 e. The van der Waals surface area contributed by atoms with Crippen molar-refractivity contribution in [1.29, 1.82) is 0 Å². The molecule has 0 heterocycles. The second-order valence-electron chi connectivity index (χ2n) is 2.21. The molecule has 2 unspecified atom stereocenters. The van der Waals surface area contributed by atoms with Gasteiger partial charge in [-0.05, 0) is 13.8 Å². The molecule has 0 radical (unpaired) electrons. The first-order chi connectivity index (χ1) is 4.95. The van der Waals surface area contributed by atoms with Crippen LogP contribution in [0.5, 0.6) is 0 Å². The van der Waals surface area contributed by atoms with Gasteiger partial charge in [0.2, 0.25) is 0 Å². The van der Waals surface area contributed by atoms with Crippen molar-refractivity contribution in [1.82, 2.24) is 5.06 Å². The van der Waals surface area contributed by atoms with E-state index in [-0.39, 0.29) is 0 Å². The van der Waals surface area contributed by atoms with Gasteiger partial charge in [-0.15, -0.1) is 0 Å². The summed E-state index contributed by atoms with van der Waals surface area (Å²) in [5.41, 5.74) is 0. The average Bonchev–Trinajstić information content (AvgIpc) is 1.81. The SMILES string of the molecule is CC(=O)ON(C(C)O)C(C)O. The largest absolute Gasteiger partial charge is 0.375 e. The fourth-order valence-electron chi connectivity index (χ4n) is 0.613. The average molecular weight is 163 g/mol. The topological polar surface area (TPSA) is 70.0 Å². The monoisotopic (exact) mass is 163 g/mol. The lowest BCUT2D eigenvalue weighted by Gasteiger charge is -2.25. The third-order valence-corrected chi connectivity index (χ3v) is 0.971. The van der Waals surface area contributed by atoms with Gasteiger partial charge in [0.25, 0.3) is 0 Å². The van der Waals surface area contributed by atoms with E-state index in [1.165, 1.54) is 20.8 Å². The van der Waals surface area contributed by atoms with Gasteiger partial charge in [-0.3, -0.25) is 4.79 Å². The molecular formula is C6H13NO4. The third kappa shape index (κ3) is 3.92. The van der Waals surface area contributed by atoms with E-state index in [0.717, 1.165) is 5.06 Å². The van der Waals surface area contributed by atoms with Crippen LogP contribution >= 0.6 is 0 Å². The molecule has 0 aliphatic carbocycles. The molecular weight excluding hydrogens is 150 g/mol. The molecule has 5 nitrogen and oxygen atoms in total. The zero-order valence-corrected chi connectivity index (χ0v) is 6.81. The number of rotatable bonds is 3. The highest BCUT2D eigenvalue weighted by Crippen LogP contribution is 2.01. The molecule has 0 fully saturated rings. The Bertz CT molecular complexity index is 127. The predicted molar refractivity (Wildman–Crippen MR) is 37.0 cm³/mol. The van der Waals surface area contributed by atoms with E-state index < -0.39 is 18.4 Å². The summed E-state index contributed by atoms with van der Waals surface area (Å²) in [6, 6.07) is 0. The lowest BCUT2D eigenvalue weighted by Crippen LogP contribution is -2.41. The minimum Gasteiger partial charge on any atom is -0.375 e. The number of aliphatic hydroxyl groups is 2. The molecule has 0 aromatic carbocycles. The lowest BCUT2D eigenvalue weighted by atomic mass is 10.5. The molecule has 0 rings (SSSR count). The molecule has 2 N–H and O–H groups in total. The van der Waals surface area contributed by atoms with E-state index in [0.29, 0.717) is 0 Å². The first-order valence-electron chi connectivity index (χ1n) is 3.28. The number of hydrogen-bond acceptors (Lipinski definition) is 5. The molecule has 0 saturated carbocycles. The highest BCUT2D eigenvalue weighted by atomic mass is 16.7.